The quantitative estimate of drug-likeness (QED) is 0.428. The third-order valence-electron chi connectivity index (χ3n) is 3.40. The Bertz CT molecular complexity index is 691. The fourth-order valence-corrected chi connectivity index (χ4v) is 6.69. The smallest absolute Gasteiger partial charge is 0.217 e. The molecule has 0 fully saturated rings. The highest BCUT2D eigenvalue weighted by Crippen LogP contribution is 2.60. The zero-order chi connectivity index (χ0) is 16.9. The Balaban J connectivity index is 2.57. The van der Waals surface area contributed by atoms with Crippen LogP contribution in [0.3, 0.4) is 0 Å². The highest BCUT2D eigenvalue weighted by molar-refractivity contribution is 8.16. The molecule has 0 aliphatic rings. The normalized spacial score (nSPS) is 15.1. The van der Waals surface area contributed by atoms with Crippen molar-refractivity contribution in [2.24, 2.45) is 0 Å². The zero-order valence-electron chi connectivity index (χ0n) is 13.2. The predicted octanol–water partition coefficient (Wildman–Crippen LogP) is 4.15. The van der Waals surface area contributed by atoms with Crippen molar-refractivity contribution >= 4 is 23.4 Å². The van der Waals surface area contributed by atoms with Crippen molar-refractivity contribution in [3.05, 3.63) is 76.3 Å². The van der Waals surface area contributed by atoms with Crippen LogP contribution in [0.4, 0.5) is 0 Å². The van der Waals surface area contributed by atoms with Crippen molar-refractivity contribution in [1.29, 1.82) is 0 Å². The molecule has 0 aliphatic carbocycles. The fourth-order valence-electron chi connectivity index (χ4n) is 2.49. The van der Waals surface area contributed by atoms with Gasteiger partial charge < -0.3 is 4.52 Å². The molecular formula is C17H20NO3PS. The van der Waals surface area contributed by atoms with Gasteiger partial charge in [0.15, 0.2) is 0 Å². The van der Waals surface area contributed by atoms with Crippen LogP contribution in [0.5, 0.6) is 0 Å². The van der Waals surface area contributed by atoms with Crippen LogP contribution in [0.15, 0.2) is 60.7 Å². The van der Waals surface area contributed by atoms with Gasteiger partial charge >= 0.3 is 0 Å². The van der Waals surface area contributed by atoms with E-state index in [0.29, 0.717) is 0 Å². The second-order valence-corrected chi connectivity index (χ2v) is 9.70. The average molecular weight is 349 g/mol. The first-order valence-electron chi connectivity index (χ1n) is 7.44. The SMILES string of the molecule is CC(C)OP(=S)(c1ccccc1)C(C[N+](=O)[O-])c1ccccc1. The highest BCUT2D eigenvalue weighted by Gasteiger charge is 2.37. The molecule has 0 bridgehead atoms. The van der Waals surface area contributed by atoms with E-state index in [1.807, 2.05) is 74.5 Å². The maximum atomic E-state index is 11.3. The van der Waals surface area contributed by atoms with Gasteiger partial charge in [0.25, 0.3) is 0 Å². The molecule has 2 aromatic carbocycles. The summed E-state index contributed by atoms with van der Waals surface area (Å²) in [5.74, 6) is 0. The van der Waals surface area contributed by atoms with Crippen LogP contribution in [0.1, 0.15) is 25.1 Å². The molecule has 6 heteroatoms. The summed E-state index contributed by atoms with van der Waals surface area (Å²) < 4.78 is 6.16. The molecule has 0 aromatic heterocycles. The monoisotopic (exact) mass is 349 g/mol. The lowest BCUT2D eigenvalue weighted by molar-refractivity contribution is -0.480. The van der Waals surface area contributed by atoms with Gasteiger partial charge in [-0.2, -0.15) is 0 Å². The van der Waals surface area contributed by atoms with Crippen LogP contribution >= 0.6 is 6.26 Å². The largest absolute Gasteiger partial charge is 0.343 e. The predicted molar refractivity (Wildman–Crippen MR) is 97.6 cm³/mol. The topological polar surface area (TPSA) is 52.4 Å². The van der Waals surface area contributed by atoms with Crippen molar-refractivity contribution in [2.45, 2.75) is 25.6 Å². The van der Waals surface area contributed by atoms with Gasteiger partial charge in [0.2, 0.25) is 6.54 Å². The minimum atomic E-state index is -2.62. The first-order chi connectivity index (χ1) is 10.9. The van der Waals surface area contributed by atoms with Gasteiger partial charge in [0.1, 0.15) is 11.9 Å². The first-order valence-corrected chi connectivity index (χ1v) is 10.2. The van der Waals surface area contributed by atoms with E-state index >= 15 is 0 Å². The Morgan fingerprint density at radius 3 is 2.09 bits per heavy atom. The summed E-state index contributed by atoms with van der Waals surface area (Å²) in [5.41, 5.74) is 0.413. The first kappa shape index (κ1) is 17.8. The van der Waals surface area contributed by atoms with Crippen LogP contribution in [-0.4, -0.2) is 17.6 Å². The summed E-state index contributed by atoms with van der Waals surface area (Å²) in [6.07, 6.45) is -2.72. The van der Waals surface area contributed by atoms with Crippen molar-refractivity contribution < 1.29 is 9.45 Å². The number of hydrogen-bond acceptors (Lipinski definition) is 4. The Hall–Kier alpha value is -1.55. The van der Waals surface area contributed by atoms with E-state index in [2.05, 4.69) is 0 Å². The summed E-state index contributed by atoms with van der Waals surface area (Å²) >= 11 is 5.95. The molecule has 0 heterocycles. The summed E-state index contributed by atoms with van der Waals surface area (Å²) in [6.45, 7) is 3.60. The van der Waals surface area contributed by atoms with E-state index in [1.54, 1.807) is 0 Å². The lowest BCUT2D eigenvalue weighted by Crippen LogP contribution is -2.22. The van der Waals surface area contributed by atoms with Gasteiger partial charge in [-0.3, -0.25) is 10.1 Å². The van der Waals surface area contributed by atoms with E-state index < -0.39 is 11.9 Å². The number of nitro groups is 1. The molecule has 2 aromatic rings. The van der Waals surface area contributed by atoms with Crippen LogP contribution in [0.25, 0.3) is 0 Å². The molecule has 0 spiro atoms. The molecule has 2 rings (SSSR count). The Morgan fingerprint density at radius 1 is 1.09 bits per heavy atom. The Morgan fingerprint density at radius 2 is 1.61 bits per heavy atom. The summed E-state index contributed by atoms with van der Waals surface area (Å²) in [5, 5.41) is 12.1. The number of benzene rings is 2. The lowest BCUT2D eigenvalue weighted by atomic mass is 10.1. The van der Waals surface area contributed by atoms with Crippen molar-refractivity contribution in [2.75, 3.05) is 6.54 Å². The van der Waals surface area contributed by atoms with Crippen molar-refractivity contribution in [3.8, 4) is 0 Å². The molecule has 0 aliphatic heterocycles. The molecule has 4 nitrogen and oxygen atoms in total. The molecule has 0 radical (unpaired) electrons. The third-order valence-corrected chi connectivity index (χ3v) is 8.09. The molecule has 2 atom stereocenters. The minimum Gasteiger partial charge on any atom is -0.343 e. The molecule has 0 saturated carbocycles. The van der Waals surface area contributed by atoms with Crippen molar-refractivity contribution in [1.82, 2.24) is 0 Å². The fraction of sp³-hybridized carbons (Fsp3) is 0.294. The zero-order valence-corrected chi connectivity index (χ0v) is 14.9. The summed E-state index contributed by atoms with van der Waals surface area (Å²) in [4.78, 5) is 11.0. The Labute approximate surface area is 141 Å². The minimum absolute atomic E-state index is 0.0981. The van der Waals surface area contributed by atoms with E-state index in [0.717, 1.165) is 10.9 Å². The maximum absolute atomic E-state index is 11.3. The van der Waals surface area contributed by atoms with Gasteiger partial charge in [-0.05, 0) is 19.4 Å². The number of hydrogen-bond donors (Lipinski definition) is 0. The second kappa shape index (κ2) is 7.82. The maximum Gasteiger partial charge on any atom is 0.217 e. The molecule has 0 N–H and O–H groups in total. The van der Waals surface area contributed by atoms with E-state index in [4.69, 9.17) is 16.3 Å². The molecule has 23 heavy (non-hydrogen) atoms. The highest BCUT2D eigenvalue weighted by atomic mass is 32.4. The summed E-state index contributed by atoms with van der Waals surface area (Å²) in [7, 11) is 0. The molecule has 0 amide bonds. The molecular weight excluding hydrogens is 329 g/mol. The number of rotatable bonds is 7. The average Bonchev–Trinajstić information content (AvgIpc) is 2.53. The van der Waals surface area contributed by atoms with Gasteiger partial charge in [-0.15, -0.1) is 0 Å². The van der Waals surface area contributed by atoms with Crippen LogP contribution in [-0.2, 0) is 16.3 Å². The summed E-state index contributed by atoms with van der Waals surface area (Å²) in [6, 6.07) is 19.0. The van der Waals surface area contributed by atoms with E-state index in [9.17, 15) is 10.1 Å². The standard InChI is InChI=1S/C17H20NO3PS/c1-14(2)21-22(23,16-11-7-4-8-12-16)17(13-18(19)20)15-9-5-3-6-10-15/h3-12,14,17H,13H2,1-2H3. The van der Waals surface area contributed by atoms with Crippen LogP contribution in [0.2, 0.25) is 0 Å². The molecule has 122 valence electrons. The van der Waals surface area contributed by atoms with Gasteiger partial charge in [-0.1, -0.05) is 72.5 Å². The van der Waals surface area contributed by atoms with E-state index in [1.165, 1.54) is 0 Å². The van der Waals surface area contributed by atoms with Gasteiger partial charge in [-0.25, -0.2) is 0 Å². The lowest BCUT2D eigenvalue weighted by Gasteiger charge is -2.31. The van der Waals surface area contributed by atoms with Gasteiger partial charge in [0.05, 0.1) is 6.10 Å². The van der Waals surface area contributed by atoms with Crippen molar-refractivity contribution in [3.63, 3.8) is 0 Å². The third kappa shape index (κ3) is 4.47. The van der Waals surface area contributed by atoms with Crippen LogP contribution in [0, 0.1) is 10.1 Å². The van der Waals surface area contributed by atoms with Crippen LogP contribution < -0.4 is 5.30 Å². The Kier molecular flexibility index (Phi) is 6.05. The molecule has 2 unspecified atom stereocenters. The van der Waals surface area contributed by atoms with Gasteiger partial charge in [0, 0.05) is 10.2 Å². The van der Waals surface area contributed by atoms with E-state index in [-0.39, 0.29) is 17.6 Å². The molecule has 0 saturated heterocycles. The second-order valence-electron chi connectivity index (χ2n) is 5.53. The number of nitrogens with zero attached hydrogens (tertiary/aromatic N) is 1.